The summed E-state index contributed by atoms with van der Waals surface area (Å²) < 4.78 is 44.2. The first-order valence-electron chi connectivity index (χ1n) is 20.4. The van der Waals surface area contributed by atoms with Gasteiger partial charge in [0.25, 0.3) is 11.8 Å². The molecule has 4 atom stereocenters. The second kappa shape index (κ2) is 21.1. The fourth-order valence-corrected chi connectivity index (χ4v) is 6.45. The Labute approximate surface area is 363 Å². The minimum absolute atomic E-state index is 0.0354. The summed E-state index contributed by atoms with van der Waals surface area (Å²) in [5.41, 5.74) is 17.3. The fourth-order valence-electron chi connectivity index (χ4n) is 6.45. The maximum atomic E-state index is 14.1. The van der Waals surface area contributed by atoms with Gasteiger partial charge in [-0.3, -0.25) is 9.59 Å². The highest BCUT2D eigenvalue weighted by molar-refractivity contribution is 5.98. The average Bonchev–Trinajstić information content (AvgIpc) is 3.20. The van der Waals surface area contributed by atoms with Gasteiger partial charge in [-0.15, -0.1) is 20.4 Å². The number of nitrogens with two attached hydrogens (primary N) is 3. The number of halogens is 2. The van der Waals surface area contributed by atoms with Crippen LogP contribution in [0.15, 0.2) is 36.4 Å². The molecule has 0 bridgehead atoms. The van der Waals surface area contributed by atoms with Gasteiger partial charge in [0, 0.05) is 37.4 Å². The molecule has 0 radical (unpaired) electrons. The molecule has 11 N–H and O–H groups in total. The zero-order chi connectivity index (χ0) is 46.0. The van der Waals surface area contributed by atoms with E-state index < -0.39 is 29.3 Å². The lowest BCUT2D eigenvalue weighted by atomic mass is 10.0. The maximum Gasteiger partial charge on any atom is 0.408 e. The van der Waals surface area contributed by atoms with Gasteiger partial charge < -0.3 is 58.0 Å². The van der Waals surface area contributed by atoms with Crippen molar-refractivity contribution in [3.63, 3.8) is 0 Å². The van der Waals surface area contributed by atoms with E-state index in [-0.39, 0.29) is 71.2 Å². The van der Waals surface area contributed by atoms with E-state index in [1.807, 2.05) is 27.7 Å². The number of pyridine rings is 2. The molecule has 0 aliphatic carbocycles. The minimum Gasteiger partial charge on any atom is -0.444 e. The van der Waals surface area contributed by atoms with Gasteiger partial charge in [-0.2, -0.15) is 0 Å². The van der Waals surface area contributed by atoms with Crippen LogP contribution in [0.3, 0.4) is 0 Å². The standard InChI is InChI=1S/C23H32FN7O4.C18H24FN7O2/c1-12(2)19-13(24)6-7-17(29-19)27-15-10-18(30-31-20(15)21(25)32)26-14-8-9-34-11-16(14)28-22(33)35-23(3,4)5;1-9(2)16-10(19)3-4-14(24-16)23-13-7-15(25-26-17(13)18(21)27)22-12-5-6-28-8-11(12)20/h6-7,10,12,14,16H,8-9,11H2,1-5H3,(H2,25,32)(H,28,33)(H2,26,27,29,30);3-4,7,9,11-12H,5-6,8,20H2,1-2H3,(H2,21,27)(H2,22,23,24,25)/t14-,16+;11-,12+/m10/s1. The van der Waals surface area contributed by atoms with E-state index in [9.17, 15) is 23.2 Å². The number of ether oxygens (including phenoxy) is 3. The van der Waals surface area contributed by atoms with E-state index in [4.69, 9.17) is 31.4 Å². The van der Waals surface area contributed by atoms with Crippen molar-refractivity contribution in [1.29, 1.82) is 0 Å². The highest BCUT2D eigenvalue weighted by Crippen LogP contribution is 2.27. The molecule has 0 unspecified atom stereocenters. The van der Waals surface area contributed by atoms with E-state index >= 15 is 0 Å². The van der Waals surface area contributed by atoms with Crippen molar-refractivity contribution < 1.29 is 37.4 Å². The smallest absolute Gasteiger partial charge is 0.408 e. The molecule has 22 heteroatoms. The van der Waals surface area contributed by atoms with E-state index in [1.165, 1.54) is 24.3 Å². The number of nitrogens with one attached hydrogen (secondary N) is 5. The van der Waals surface area contributed by atoms with Crippen molar-refractivity contribution in [3.8, 4) is 0 Å². The number of hydrogen-bond acceptors (Lipinski definition) is 17. The van der Waals surface area contributed by atoms with Crippen LogP contribution in [0.4, 0.5) is 48.2 Å². The van der Waals surface area contributed by atoms with Crippen LogP contribution in [-0.4, -0.2) is 104 Å². The summed E-state index contributed by atoms with van der Waals surface area (Å²) in [4.78, 5) is 44.5. The van der Waals surface area contributed by atoms with Crippen molar-refractivity contribution in [2.75, 3.05) is 47.7 Å². The first-order valence-corrected chi connectivity index (χ1v) is 20.4. The Morgan fingerprint density at radius 2 is 1.16 bits per heavy atom. The summed E-state index contributed by atoms with van der Waals surface area (Å²) in [5, 5.41) is 31.2. The number of anilines is 6. The highest BCUT2D eigenvalue weighted by Gasteiger charge is 2.30. The van der Waals surface area contributed by atoms with Crippen LogP contribution >= 0.6 is 0 Å². The Balaban J connectivity index is 0.000000243. The van der Waals surface area contributed by atoms with Gasteiger partial charge in [-0.25, -0.2) is 23.5 Å². The third kappa shape index (κ3) is 13.5. The van der Waals surface area contributed by atoms with E-state index in [1.54, 1.807) is 32.9 Å². The van der Waals surface area contributed by atoms with Gasteiger partial charge in [-0.05, 0) is 69.7 Å². The SMILES string of the molecule is CC(C)c1nc(Nc2cc(N[C@@H]3CCOC[C@@H]3N)nnc2C(N)=O)ccc1F.CC(C)c1nc(Nc2cc(N[C@@H]3CCOC[C@@H]3NC(=O)OC(C)(C)C)nnc2C(N)=O)ccc1F. The Kier molecular flexibility index (Phi) is 16.0. The fraction of sp³-hybridized carbons (Fsp3) is 0.488. The molecule has 0 spiro atoms. The molecule has 3 amide bonds. The minimum atomic E-state index is -0.784. The van der Waals surface area contributed by atoms with E-state index in [0.29, 0.717) is 60.9 Å². The summed E-state index contributed by atoms with van der Waals surface area (Å²) in [6, 6.07) is 7.88. The van der Waals surface area contributed by atoms with Crippen molar-refractivity contribution >= 4 is 52.6 Å². The first kappa shape index (κ1) is 47.7. The van der Waals surface area contributed by atoms with Crippen LogP contribution < -0.4 is 43.8 Å². The predicted molar refractivity (Wildman–Crippen MR) is 231 cm³/mol. The molecule has 63 heavy (non-hydrogen) atoms. The van der Waals surface area contributed by atoms with Crippen molar-refractivity contribution in [2.45, 2.75) is 103 Å². The number of primary amides is 2. The average molecular weight is 879 g/mol. The number of nitrogens with zero attached hydrogens (tertiary/aromatic N) is 6. The Hall–Kier alpha value is -6.39. The van der Waals surface area contributed by atoms with Gasteiger partial charge >= 0.3 is 6.09 Å². The number of amides is 3. The quantitative estimate of drug-likeness (QED) is 0.0912. The molecule has 4 aromatic heterocycles. The van der Waals surface area contributed by atoms with Gasteiger partial charge in [-0.1, -0.05) is 27.7 Å². The van der Waals surface area contributed by atoms with Gasteiger partial charge in [0.1, 0.15) is 28.9 Å². The second-order valence-corrected chi connectivity index (χ2v) is 16.5. The second-order valence-electron chi connectivity index (χ2n) is 16.5. The molecule has 2 aliphatic heterocycles. The third-order valence-corrected chi connectivity index (χ3v) is 9.55. The maximum absolute atomic E-state index is 14.1. The molecule has 0 saturated carbocycles. The zero-order valence-corrected chi connectivity index (χ0v) is 36.3. The molecule has 2 aliphatic rings. The Morgan fingerprint density at radius 3 is 1.60 bits per heavy atom. The molecule has 4 aromatic rings. The van der Waals surface area contributed by atoms with E-state index in [2.05, 4.69) is 56.9 Å². The van der Waals surface area contributed by atoms with Gasteiger partial charge in [0.05, 0.1) is 48.1 Å². The number of carbonyl (C=O) groups is 3. The molecule has 0 aromatic carbocycles. The lowest BCUT2D eigenvalue weighted by Gasteiger charge is -2.33. The Bertz CT molecular complexity index is 2240. The summed E-state index contributed by atoms with van der Waals surface area (Å²) in [6.45, 7) is 14.5. The van der Waals surface area contributed by atoms with Crippen molar-refractivity contribution in [3.05, 3.63) is 70.8 Å². The molecule has 6 rings (SSSR count). The zero-order valence-electron chi connectivity index (χ0n) is 36.3. The van der Waals surface area contributed by atoms with Crippen LogP contribution in [0.25, 0.3) is 0 Å². The summed E-state index contributed by atoms with van der Waals surface area (Å²) >= 11 is 0. The number of rotatable bonds is 13. The van der Waals surface area contributed by atoms with Gasteiger partial charge in [0.15, 0.2) is 23.0 Å². The molecule has 340 valence electrons. The third-order valence-electron chi connectivity index (χ3n) is 9.55. The molecular formula is C41H56F2N14O6. The van der Waals surface area contributed by atoms with Crippen LogP contribution in [0.5, 0.6) is 0 Å². The van der Waals surface area contributed by atoms with Crippen LogP contribution in [0.2, 0.25) is 0 Å². The molecular weight excluding hydrogens is 823 g/mol. The van der Waals surface area contributed by atoms with Crippen LogP contribution in [0, 0.1) is 11.6 Å². The van der Waals surface area contributed by atoms with E-state index in [0.717, 1.165) is 6.42 Å². The topological polar surface area (TPSA) is 294 Å². The first-order chi connectivity index (χ1) is 29.8. The number of carbonyl (C=O) groups excluding carboxylic acids is 3. The number of aromatic nitrogens is 6. The number of hydrogen-bond donors (Lipinski definition) is 8. The van der Waals surface area contributed by atoms with Crippen molar-refractivity contribution in [2.24, 2.45) is 17.2 Å². The normalized spacial score (nSPS) is 18.7. The predicted octanol–water partition coefficient (Wildman–Crippen LogP) is 4.58. The lowest BCUT2D eigenvalue weighted by Crippen LogP contribution is -2.53. The highest BCUT2D eigenvalue weighted by atomic mass is 19.1. The molecule has 2 fully saturated rings. The monoisotopic (exact) mass is 878 g/mol. The largest absolute Gasteiger partial charge is 0.444 e. The number of alkyl carbamates (subject to hydrolysis) is 1. The van der Waals surface area contributed by atoms with Gasteiger partial charge in [0.2, 0.25) is 0 Å². The summed E-state index contributed by atoms with van der Waals surface area (Å²) in [6.07, 6.45) is 0.751. The molecule has 20 nitrogen and oxygen atoms in total. The summed E-state index contributed by atoms with van der Waals surface area (Å²) in [7, 11) is 0. The van der Waals surface area contributed by atoms with Crippen LogP contribution in [0.1, 0.15) is 106 Å². The lowest BCUT2D eigenvalue weighted by molar-refractivity contribution is 0.0317. The molecule has 2 saturated heterocycles. The Morgan fingerprint density at radius 1 is 0.698 bits per heavy atom. The summed E-state index contributed by atoms with van der Waals surface area (Å²) in [5.74, 6) is -1.10. The van der Waals surface area contributed by atoms with Crippen molar-refractivity contribution in [1.82, 2.24) is 35.7 Å². The molecule has 6 heterocycles. The van der Waals surface area contributed by atoms with Crippen LogP contribution in [-0.2, 0) is 14.2 Å².